The molecule has 160 valence electrons. The standard InChI is InChI=1S/C22H28ClN5O2/c1-28-8-6-22(7-9-28)13-17-15-25-21(30-11-10-29-2)27-19(17)26-20(22)24-14-16-4-3-5-18(23)12-16/h3-5,12,15H,6-11,13-14H2,1-2H3,(H,24,25,26,27). The van der Waals surface area contributed by atoms with Crippen LogP contribution in [-0.4, -0.2) is 61.2 Å². The average molecular weight is 430 g/mol. The van der Waals surface area contributed by atoms with Crippen molar-refractivity contribution < 1.29 is 9.47 Å². The zero-order valence-electron chi connectivity index (χ0n) is 17.5. The van der Waals surface area contributed by atoms with E-state index in [0.717, 1.165) is 60.2 Å². The van der Waals surface area contributed by atoms with Crippen LogP contribution in [0.25, 0.3) is 0 Å². The minimum atomic E-state index is -0.0140. The number of ether oxygens (including phenoxy) is 2. The first kappa shape index (κ1) is 21.0. The highest BCUT2D eigenvalue weighted by molar-refractivity contribution is 6.30. The van der Waals surface area contributed by atoms with Crippen LogP contribution in [-0.2, 0) is 17.7 Å². The zero-order valence-corrected chi connectivity index (χ0v) is 18.3. The Morgan fingerprint density at radius 3 is 2.87 bits per heavy atom. The number of aromatic nitrogens is 2. The molecule has 2 aliphatic heterocycles. The lowest BCUT2D eigenvalue weighted by atomic mass is 9.71. The number of aliphatic imine (C=N–C) groups is 1. The maximum atomic E-state index is 6.15. The van der Waals surface area contributed by atoms with Gasteiger partial charge >= 0.3 is 6.01 Å². The first-order valence-electron chi connectivity index (χ1n) is 10.3. The molecule has 1 N–H and O–H groups in total. The Kier molecular flexibility index (Phi) is 6.51. The molecule has 8 heteroatoms. The van der Waals surface area contributed by atoms with Crippen LogP contribution in [0.3, 0.4) is 0 Å². The molecule has 0 radical (unpaired) electrons. The highest BCUT2D eigenvalue weighted by Gasteiger charge is 2.42. The van der Waals surface area contributed by atoms with Gasteiger partial charge in [-0.15, -0.1) is 0 Å². The molecular formula is C22H28ClN5O2. The summed E-state index contributed by atoms with van der Waals surface area (Å²) in [5, 5.41) is 4.25. The normalized spacial score (nSPS) is 19.5. The predicted octanol–water partition coefficient (Wildman–Crippen LogP) is 3.43. The van der Waals surface area contributed by atoms with Crippen LogP contribution in [0.4, 0.5) is 5.82 Å². The lowest BCUT2D eigenvalue weighted by Gasteiger charge is -2.44. The molecule has 1 aromatic carbocycles. The maximum absolute atomic E-state index is 6.15. The molecule has 0 aliphatic carbocycles. The summed E-state index contributed by atoms with van der Waals surface area (Å²) in [6.07, 6.45) is 4.87. The quantitative estimate of drug-likeness (QED) is 0.709. The largest absolute Gasteiger partial charge is 0.461 e. The molecule has 0 atom stereocenters. The number of halogens is 1. The van der Waals surface area contributed by atoms with Gasteiger partial charge in [0, 0.05) is 29.3 Å². The first-order chi connectivity index (χ1) is 14.6. The van der Waals surface area contributed by atoms with Crippen LogP contribution >= 0.6 is 11.6 Å². The fraction of sp³-hybridized carbons (Fsp3) is 0.500. The van der Waals surface area contributed by atoms with Gasteiger partial charge in [0.25, 0.3) is 0 Å². The molecule has 0 saturated carbocycles. The van der Waals surface area contributed by atoms with Gasteiger partial charge in [0.05, 0.1) is 13.2 Å². The van der Waals surface area contributed by atoms with Crippen molar-refractivity contribution >= 4 is 23.3 Å². The van der Waals surface area contributed by atoms with Crippen molar-refractivity contribution in [2.75, 3.05) is 45.8 Å². The lowest BCUT2D eigenvalue weighted by molar-refractivity contribution is 0.140. The van der Waals surface area contributed by atoms with E-state index in [1.165, 1.54) is 0 Å². The molecule has 30 heavy (non-hydrogen) atoms. The van der Waals surface area contributed by atoms with E-state index in [1.807, 2.05) is 24.4 Å². The highest BCUT2D eigenvalue weighted by Crippen LogP contribution is 2.41. The first-order valence-corrected chi connectivity index (χ1v) is 10.7. The topological polar surface area (TPSA) is 71.9 Å². The van der Waals surface area contributed by atoms with Crippen molar-refractivity contribution in [3.8, 4) is 6.01 Å². The molecule has 1 fully saturated rings. The number of rotatable bonds is 6. The molecule has 1 spiro atoms. The summed E-state index contributed by atoms with van der Waals surface area (Å²) in [5.74, 6) is 1.79. The summed E-state index contributed by atoms with van der Waals surface area (Å²) in [4.78, 5) is 16.4. The molecule has 3 heterocycles. The zero-order chi connectivity index (χ0) is 21.0. The Labute approximate surface area is 182 Å². The fourth-order valence-electron chi connectivity index (χ4n) is 4.08. The van der Waals surface area contributed by atoms with E-state index in [-0.39, 0.29) is 5.41 Å². The number of nitrogens with zero attached hydrogens (tertiary/aromatic N) is 4. The average Bonchev–Trinajstić information content (AvgIpc) is 2.75. The van der Waals surface area contributed by atoms with Gasteiger partial charge in [0.1, 0.15) is 18.3 Å². The smallest absolute Gasteiger partial charge is 0.318 e. The second kappa shape index (κ2) is 9.29. The number of hydrogen-bond acceptors (Lipinski definition) is 6. The molecular weight excluding hydrogens is 402 g/mol. The summed E-state index contributed by atoms with van der Waals surface area (Å²) in [5.41, 5.74) is 2.19. The molecule has 2 aliphatic rings. The predicted molar refractivity (Wildman–Crippen MR) is 118 cm³/mol. The van der Waals surface area contributed by atoms with Gasteiger partial charge in [0.2, 0.25) is 0 Å². The number of benzene rings is 1. The number of nitrogens with one attached hydrogen (secondary N) is 1. The second-order valence-electron chi connectivity index (χ2n) is 8.05. The van der Waals surface area contributed by atoms with Crippen molar-refractivity contribution in [3.05, 3.63) is 46.6 Å². The van der Waals surface area contributed by atoms with E-state index in [9.17, 15) is 0 Å². The molecule has 2 aromatic rings. The van der Waals surface area contributed by atoms with E-state index in [1.54, 1.807) is 7.11 Å². The van der Waals surface area contributed by atoms with E-state index in [2.05, 4.69) is 33.3 Å². The third-order valence-electron chi connectivity index (χ3n) is 5.88. The molecule has 0 amide bonds. The number of fused-ring (bicyclic) bond motifs is 1. The minimum absolute atomic E-state index is 0.0140. The Morgan fingerprint density at radius 1 is 1.27 bits per heavy atom. The second-order valence-corrected chi connectivity index (χ2v) is 8.48. The third kappa shape index (κ3) is 4.74. The lowest BCUT2D eigenvalue weighted by Crippen LogP contribution is -2.49. The van der Waals surface area contributed by atoms with Crippen molar-refractivity contribution in [2.24, 2.45) is 10.4 Å². The van der Waals surface area contributed by atoms with Crippen molar-refractivity contribution in [1.82, 2.24) is 14.9 Å². The van der Waals surface area contributed by atoms with Gasteiger partial charge in [-0.25, -0.2) is 4.98 Å². The van der Waals surface area contributed by atoms with Crippen LogP contribution in [0.1, 0.15) is 24.0 Å². The Hall–Kier alpha value is -2.22. The van der Waals surface area contributed by atoms with Crippen molar-refractivity contribution in [2.45, 2.75) is 25.8 Å². The van der Waals surface area contributed by atoms with Crippen LogP contribution in [0.15, 0.2) is 35.5 Å². The molecule has 1 aromatic heterocycles. The Bertz CT molecular complexity index is 912. The van der Waals surface area contributed by atoms with Crippen LogP contribution in [0.2, 0.25) is 5.02 Å². The molecule has 0 bridgehead atoms. The van der Waals surface area contributed by atoms with E-state index < -0.39 is 0 Å². The van der Waals surface area contributed by atoms with Crippen LogP contribution in [0.5, 0.6) is 6.01 Å². The third-order valence-corrected chi connectivity index (χ3v) is 6.12. The summed E-state index contributed by atoms with van der Waals surface area (Å²) >= 11 is 6.15. The molecule has 0 unspecified atom stereocenters. The van der Waals surface area contributed by atoms with Gasteiger partial charge in [0.15, 0.2) is 0 Å². The van der Waals surface area contributed by atoms with Crippen LogP contribution < -0.4 is 10.1 Å². The van der Waals surface area contributed by atoms with Gasteiger partial charge in [-0.3, -0.25) is 4.99 Å². The van der Waals surface area contributed by atoms with E-state index >= 15 is 0 Å². The highest BCUT2D eigenvalue weighted by atomic mass is 35.5. The van der Waals surface area contributed by atoms with Gasteiger partial charge in [-0.2, -0.15) is 4.98 Å². The number of hydrogen-bond donors (Lipinski definition) is 1. The molecule has 1 saturated heterocycles. The summed E-state index contributed by atoms with van der Waals surface area (Å²) in [6.45, 7) is 3.59. The van der Waals surface area contributed by atoms with E-state index in [4.69, 9.17) is 26.1 Å². The number of piperidine rings is 1. The number of likely N-dealkylation sites (tertiary alicyclic amines) is 1. The number of anilines is 1. The maximum Gasteiger partial charge on any atom is 0.318 e. The summed E-state index contributed by atoms with van der Waals surface area (Å²) in [6, 6.07) is 8.22. The van der Waals surface area contributed by atoms with E-state index in [0.29, 0.717) is 25.8 Å². The Morgan fingerprint density at radius 2 is 2.10 bits per heavy atom. The van der Waals surface area contributed by atoms with Crippen molar-refractivity contribution in [1.29, 1.82) is 0 Å². The molecule has 7 nitrogen and oxygen atoms in total. The van der Waals surface area contributed by atoms with Crippen LogP contribution in [0, 0.1) is 5.41 Å². The SMILES string of the molecule is COCCOc1ncc2c(n1)NC(=NCc1cccc(Cl)c1)C1(CCN(C)CC1)C2. The fourth-order valence-corrected chi connectivity index (χ4v) is 4.29. The molecule has 4 rings (SSSR count). The van der Waals surface area contributed by atoms with Gasteiger partial charge in [-0.1, -0.05) is 23.7 Å². The monoisotopic (exact) mass is 429 g/mol. The minimum Gasteiger partial charge on any atom is -0.461 e. The van der Waals surface area contributed by atoms with Gasteiger partial charge < -0.3 is 19.7 Å². The summed E-state index contributed by atoms with van der Waals surface area (Å²) in [7, 11) is 3.81. The number of methoxy groups -OCH3 is 1. The summed E-state index contributed by atoms with van der Waals surface area (Å²) < 4.78 is 10.6. The number of amidine groups is 1. The van der Waals surface area contributed by atoms with Gasteiger partial charge in [-0.05, 0) is 57.1 Å². The Balaban J connectivity index is 1.60. The van der Waals surface area contributed by atoms with Crippen molar-refractivity contribution in [3.63, 3.8) is 0 Å².